The molecule has 1 aromatic heterocycles. The standard InChI is InChI=1S/C29H28N2O5S/c1-33-29(32)20-8-6-19(7-9-20)16-31-11-13-35-27-22(17-31)14-21(15-25(27)36-23-10-12-34-18-23)28-30-24-4-2-3-5-26(24)37-28/h2-9,14-15,23H,10-13,16-18H2,1H3. The second-order valence-corrected chi connectivity index (χ2v) is 10.3. The van der Waals surface area contributed by atoms with Crippen molar-refractivity contribution in [3.63, 3.8) is 0 Å². The van der Waals surface area contributed by atoms with Crippen LogP contribution in [0.5, 0.6) is 11.5 Å². The highest BCUT2D eigenvalue weighted by molar-refractivity contribution is 7.21. The maximum absolute atomic E-state index is 11.8. The lowest BCUT2D eigenvalue weighted by Gasteiger charge is -2.20. The lowest BCUT2D eigenvalue weighted by molar-refractivity contribution is 0.0600. The average molecular weight is 517 g/mol. The van der Waals surface area contributed by atoms with Gasteiger partial charge in [0.15, 0.2) is 11.5 Å². The summed E-state index contributed by atoms with van der Waals surface area (Å²) in [4.78, 5) is 19.0. The third kappa shape index (κ3) is 5.18. The molecule has 190 valence electrons. The molecule has 8 heteroatoms. The van der Waals surface area contributed by atoms with Gasteiger partial charge >= 0.3 is 5.97 Å². The van der Waals surface area contributed by atoms with Gasteiger partial charge in [0.2, 0.25) is 0 Å². The van der Waals surface area contributed by atoms with Crippen molar-refractivity contribution in [1.82, 2.24) is 9.88 Å². The fourth-order valence-electron chi connectivity index (χ4n) is 4.79. The third-order valence-corrected chi connectivity index (χ3v) is 7.77. The summed E-state index contributed by atoms with van der Waals surface area (Å²) >= 11 is 1.68. The van der Waals surface area contributed by atoms with Crippen LogP contribution in [-0.2, 0) is 22.6 Å². The van der Waals surface area contributed by atoms with Crippen molar-refractivity contribution in [3.8, 4) is 22.1 Å². The highest BCUT2D eigenvalue weighted by Gasteiger charge is 2.25. The quantitative estimate of drug-likeness (QED) is 0.322. The molecule has 2 aliphatic heterocycles. The van der Waals surface area contributed by atoms with Crippen LogP contribution in [0, 0.1) is 0 Å². The number of methoxy groups -OCH3 is 1. The van der Waals surface area contributed by atoms with Crippen LogP contribution in [0.1, 0.15) is 27.9 Å². The molecular weight excluding hydrogens is 488 g/mol. The van der Waals surface area contributed by atoms with Crippen LogP contribution in [0.4, 0.5) is 0 Å². The molecule has 37 heavy (non-hydrogen) atoms. The molecule has 0 saturated carbocycles. The van der Waals surface area contributed by atoms with E-state index in [1.807, 2.05) is 42.5 Å². The predicted octanol–water partition coefficient (Wildman–Crippen LogP) is 5.31. The van der Waals surface area contributed by atoms with Gasteiger partial charge in [-0.3, -0.25) is 4.90 Å². The average Bonchev–Trinajstić information content (AvgIpc) is 3.55. The molecule has 2 aliphatic rings. The molecule has 1 saturated heterocycles. The van der Waals surface area contributed by atoms with Crippen LogP contribution in [0.3, 0.4) is 0 Å². The molecule has 3 aromatic carbocycles. The van der Waals surface area contributed by atoms with Gasteiger partial charge in [0.25, 0.3) is 0 Å². The monoisotopic (exact) mass is 516 g/mol. The Morgan fingerprint density at radius 3 is 2.78 bits per heavy atom. The number of carbonyl (C=O) groups is 1. The number of thiazole rings is 1. The van der Waals surface area contributed by atoms with Crippen molar-refractivity contribution < 1.29 is 23.7 Å². The zero-order valence-electron chi connectivity index (χ0n) is 20.6. The minimum atomic E-state index is -0.328. The van der Waals surface area contributed by atoms with Gasteiger partial charge in [-0.15, -0.1) is 11.3 Å². The second-order valence-electron chi connectivity index (χ2n) is 9.30. The molecule has 1 atom stereocenters. The molecule has 7 nitrogen and oxygen atoms in total. The summed E-state index contributed by atoms with van der Waals surface area (Å²) in [7, 11) is 1.39. The van der Waals surface area contributed by atoms with Gasteiger partial charge in [-0.1, -0.05) is 24.3 Å². The summed E-state index contributed by atoms with van der Waals surface area (Å²) < 4.78 is 24.2. The van der Waals surface area contributed by atoms with Crippen LogP contribution in [0.2, 0.25) is 0 Å². The first kappa shape index (κ1) is 23.9. The number of fused-ring (bicyclic) bond motifs is 2. The number of rotatable bonds is 6. The lowest BCUT2D eigenvalue weighted by atomic mass is 10.1. The first-order valence-corrected chi connectivity index (χ1v) is 13.3. The summed E-state index contributed by atoms with van der Waals surface area (Å²) in [5.74, 6) is 1.23. The molecule has 0 amide bonds. The molecule has 0 aliphatic carbocycles. The molecule has 0 spiro atoms. The minimum Gasteiger partial charge on any atom is -0.488 e. The topological polar surface area (TPSA) is 70.1 Å². The largest absolute Gasteiger partial charge is 0.488 e. The maximum Gasteiger partial charge on any atom is 0.337 e. The number of ether oxygens (including phenoxy) is 4. The zero-order chi connectivity index (χ0) is 25.2. The molecule has 6 rings (SSSR count). The highest BCUT2D eigenvalue weighted by atomic mass is 32.1. The van der Waals surface area contributed by atoms with Gasteiger partial charge in [0.1, 0.15) is 17.7 Å². The van der Waals surface area contributed by atoms with E-state index >= 15 is 0 Å². The first-order chi connectivity index (χ1) is 18.2. The lowest BCUT2D eigenvalue weighted by Crippen LogP contribution is -2.25. The number of hydrogen-bond donors (Lipinski definition) is 0. The van der Waals surface area contributed by atoms with E-state index < -0.39 is 0 Å². The van der Waals surface area contributed by atoms with Gasteiger partial charge in [0, 0.05) is 37.2 Å². The van der Waals surface area contributed by atoms with Crippen molar-refractivity contribution in [1.29, 1.82) is 0 Å². The number of esters is 1. The van der Waals surface area contributed by atoms with E-state index in [-0.39, 0.29) is 12.1 Å². The van der Waals surface area contributed by atoms with Crippen LogP contribution in [-0.4, -0.2) is 55.4 Å². The number of para-hydroxylation sites is 1. The first-order valence-electron chi connectivity index (χ1n) is 12.5. The molecule has 4 aromatic rings. The summed E-state index contributed by atoms with van der Waals surface area (Å²) in [6.07, 6.45) is 0.888. The van der Waals surface area contributed by atoms with Gasteiger partial charge in [-0.25, -0.2) is 9.78 Å². The Labute approximate surface area is 219 Å². The molecule has 0 N–H and O–H groups in total. The normalized spacial score (nSPS) is 17.7. The summed E-state index contributed by atoms with van der Waals surface area (Å²) in [5, 5.41) is 0.964. The summed E-state index contributed by atoms with van der Waals surface area (Å²) in [6.45, 7) is 4.09. The van der Waals surface area contributed by atoms with Crippen LogP contribution < -0.4 is 9.47 Å². The van der Waals surface area contributed by atoms with Crippen LogP contribution in [0.15, 0.2) is 60.7 Å². The summed E-state index contributed by atoms with van der Waals surface area (Å²) in [5.41, 5.74) is 4.78. The fraction of sp³-hybridized carbons (Fsp3) is 0.310. The van der Waals surface area contributed by atoms with E-state index in [1.165, 1.54) is 7.11 Å². The van der Waals surface area contributed by atoms with E-state index in [0.29, 0.717) is 31.9 Å². The predicted molar refractivity (Wildman–Crippen MR) is 142 cm³/mol. The molecule has 3 heterocycles. The third-order valence-electron chi connectivity index (χ3n) is 6.68. The summed E-state index contributed by atoms with van der Waals surface area (Å²) in [6, 6.07) is 20.0. The Kier molecular flexibility index (Phi) is 6.78. The van der Waals surface area contributed by atoms with Crippen LogP contribution in [0.25, 0.3) is 20.8 Å². The fourth-order valence-corrected chi connectivity index (χ4v) is 5.74. The van der Waals surface area contributed by atoms with Gasteiger partial charge in [-0.05, 0) is 42.0 Å². The van der Waals surface area contributed by atoms with Crippen molar-refractivity contribution >= 4 is 27.5 Å². The van der Waals surface area contributed by atoms with E-state index in [9.17, 15) is 4.79 Å². The Hall–Kier alpha value is -3.46. The number of benzene rings is 3. The molecule has 1 fully saturated rings. The maximum atomic E-state index is 11.8. The number of carbonyl (C=O) groups excluding carboxylic acids is 1. The van der Waals surface area contributed by atoms with Crippen molar-refractivity contribution in [2.75, 3.05) is 33.5 Å². The number of nitrogens with zero attached hydrogens (tertiary/aromatic N) is 2. The van der Waals surface area contributed by atoms with Crippen molar-refractivity contribution in [3.05, 3.63) is 77.4 Å². The minimum absolute atomic E-state index is 0.0194. The zero-order valence-corrected chi connectivity index (χ0v) is 21.5. The van der Waals surface area contributed by atoms with E-state index in [0.717, 1.165) is 62.9 Å². The molecule has 1 unspecified atom stereocenters. The number of aromatic nitrogens is 1. The molecule has 0 radical (unpaired) electrons. The Morgan fingerprint density at radius 1 is 1.14 bits per heavy atom. The van der Waals surface area contributed by atoms with Gasteiger partial charge in [0.05, 0.1) is 36.1 Å². The SMILES string of the molecule is COC(=O)c1ccc(CN2CCOc3c(cc(-c4nc5ccccc5s4)cc3OC3CCOC3)C2)cc1. The second kappa shape index (κ2) is 10.5. The Balaban J connectivity index is 1.31. The van der Waals surface area contributed by atoms with Crippen molar-refractivity contribution in [2.24, 2.45) is 0 Å². The van der Waals surface area contributed by atoms with Gasteiger partial charge < -0.3 is 18.9 Å². The van der Waals surface area contributed by atoms with Gasteiger partial charge in [-0.2, -0.15) is 0 Å². The smallest absolute Gasteiger partial charge is 0.337 e. The number of hydrogen-bond acceptors (Lipinski definition) is 8. The molecule has 0 bridgehead atoms. The van der Waals surface area contributed by atoms with E-state index in [4.69, 9.17) is 23.9 Å². The highest BCUT2D eigenvalue weighted by Crippen LogP contribution is 2.41. The Morgan fingerprint density at radius 2 is 2.00 bits per heavy atom. The van der Waals surface area contributed by atoms with Crippen molar-refractivity contribution in [2.45, 2.75) is 25.6 Å². The Bertz CT molecular complexity index is 1380. The van der Waals surface area contributed by atoms with E-state index in [1.54, 1.807) is 11.3 Å². The van der Waals surface area contributed by atoms with Crippen LogP contribution >= 0.6 is 11.3 Å². The molecular formula is C29H28N2O5S. The van der Waals surface area contributed by atoms with E-state index in [2.05, 4.69) is 23.1 Å².